The zero-order valence-electron chi connectivity index (χ0n) is 12.0. The third-order valence-electron chi connectivity index (χ3n) is 3.51. The molecule has 0 saturated heterocycles. The van der Waals surface area contributed by atoms with Crippen LogP contribution in [0.1, 0.15) is 30.0 Å². The maximum Gasteiger partial charge on any atom is 0.127 e. The summed E-state index contributed by atoms with van der Waals surface area (Å²) in [6, 6.07) is 14.5. The molecule has 3 heteroatoms. The quantitative estimate of drug-likeness (QED) is 0.751. The van der Waals surface area contributed by atoms with Crippen LogP contribution in [0.4, 0.5) is 5.82 Å². The number of nitrogens with one attached hydrogen (secondary N) is 1. The van der Waals surface area contributed by atoms with Gasteiger partial charge in [0, 0.05) is 10.9 Å². The van der Waals surface area contributed by atoms with E-state index in [4.69, 9.17) is 4.42 Å². The molecule has 1 N–H and O–H groups in total. The highest BCUT2D eigenvalue weighted by Crippen LogP contribution is 2.25. The molecule has 0 fully saturated rings. The Balaban J connectivity index is 1.87. The summed E-state index contributed by atoms with van der Waals surface area (Å²) >= 11 is 0. The van der Waals surface area contributed by atoms with Crippen LogP contribution in [0.15, 0.2) is 46.9 Å². The number of hydrogen-bond donors (Lipinski definition) is 1. The Kier molecular flexibility index (Phi) is 3.18. The van der Waals surface area contributed by atoms with Crippen LogP contribution in [-0.2, 0) is 0 Å². The van der Waals surface area contributed by atoms with Crippen molar-refractivity contribution in [1.82, 2.24) is 4.98 Å². The largest absolute Gasteiger partial charge is 0.466 e. The zero-order chi connectivity index (χ0) is 14.1. The second-order valence-corrected chi connectivity index (χ2v) is 5.12. The van der Waals surface area contributed by atoms with Gasteiger partial charge in [-0.15, -0.1) is 0 Å². The number of aromatic nitrogens is 1. The minimum Gasteiger partial charge on any atom is -0.466 e. The van der Waals surface area contributed by atoms with Crippen molar-refractivity contribution in [3.63, 3.8) is 0 Å². The van der Waals surface area contributed by atoms with Gasteiger partial charge < -0.3 is 9.73 Å². The van der Waals surface area contributed by atoms with E-state index in [9.17, 15) is 0 Å². The average Bonchev–Trinajstić information content (AvgIpc) is 2.78. The van der Waals surface area contributed by atoms with E-state index in [1.807, 2.05) is 38.1 Å². The van der Waals surface area contributed by atoms with Crippen LogP contribution < -0.4 is 5.32 Å². The highest BCUT2D eigenvalue weighted by molar-refractivity contribution is 5.80. The summed E-state index contributed by atoms with van der Waals surface area (Å²) in [4.78, 5) is 4.64. The molecule has 0 aliphatic heterocycles. The molecule has 3 rings (SSSR count). The van der Waals surface area contributed by atoms with Gasteiger partial charge in [-0.25, -0.2) is 4.98 Å². The molecule has 2 heterocycles. The van der Waals surface area contributed by atoms with E-state index in [0.29, 0.717) is 0 Å². The molecule has 102 valence electrons. The van der Waals surface area contributed by atoms with E-state index >= 15 is 0 Å². The lowest BCUT2D eigenvalue weighted by Gasteiger charge is -2.14. The Morgan fingerprint density at radius 3 is 2.65 bits per heavy atom. The van der Waals surface area contributed by atoms with Crippen molar-refractivity contribution in [1.29, 1.82) is 0 Å². The van der Waals surface area contributed by atoms with Gasteiger partial charge in [-0.2, -0.15) is 0 Å². The Morgan fingerprint density at radius 2 is 1.90 bits per heavy atom. The molecule has 0 spiro atoms. The maximum absolute atomic E-state index is 5.58. The first kappa shape index (κ1) is 12.7. The molecule has 3 nitrogen and oxygen atoms in total. The van der Waals surface area contributed by atoms with Crippen molar-refractivity contribution < 1.29 is 4.42 Å². The predicted octanol–water partition coefficient (Wildman–Crippen LogP) is 4.62. The minimum atomic E-state index is 0.168. The van der Waals surface area contributed by atoms with Gasteiger partial charge in [-0.1, -0.05) is 18.2 Å². The Labute approximate surface area is 118 Å². The molecule has 0 saturated carbocycles. The Bertz CT molecular complexity index is 746. The number of aryl methyl sites for hydroxylation is 2. The monoisotopic (exact) mass is 266 g/mol. The standard InChI is InChI=1S/C17H18N2O/c1-11-10-15(13(3)20-11)12(2)18-17-9-8-14-6-4-5-7-16(14)19-17/h4-10,12H,1-3H3,(H,18,19). The van der Waals surface area contributed by atoms with Crippen LogP contribution >= 0.6 is 0 Å². The summed E-state index contributed by atoms with van der Waals surface area (Å²) in [6.45, 7) is 6.08. The fourth-order valence-corrected chi connectivity index (χ4v) is 2.53. The van der Waals surface area contributed by atoms with Crippen LogP contribution in [0.3, 0.4) is 0 Å². The topological polar surface area (TPSA) is 38.1 Å². The van der Waals surface area contributed by atoms with Crippen molar-refractivity contribution >= 4 is 16.7 Å². The van der Waals surface area contributed by atoms with E-state index in [1.165, 1.54) is 5.56 Å². The van der Waals surface area contributed by atoms with E-state index in [2.05, 4.69) is 35.4 Å². The first-order chi connectivity index (χ1) is 9.63. The van der Waals surface area contributed by atoms with Crippen molar-refractivity contribution in [3.8, 4) is 0 Å². The summed E-state index contributed by atoms with van der Waals surface area (Å²) in [5.41, 5.74) is 2.18. The summed E-state index contributed by atoms with van der Waals surface area (Å²) in [6.07, 6.45) is 0. The summed E-state index contributed by atoms with van der Waals surface area (Å²) < 4.78 is 5.58. The van der Waals surface area contributed by atoms with Crippen LogP contribution in [0, 0.1) is 13.8 Å². The zero-order valence-corrected chi connectivity index (χ0v) is 12.0. The highest BCUT2D eigenvalue weighted by atomic mass is 16.3. The van der Waals surface area contributed by atoms with Gasteiger partial charge in [0.2, 0.25) is 0 Å². The number of pyridine rings is 1. The molecule has 1 aromatic carbocycles. The molecule has 1 atom stereocenters. The maximum atomic E-state index is 5.58. The molecular weight excluding hydrogens is 248 g/mol. The minimum absolute atomic E-state index is 0.168. The van der Waals surface area contributed by atoms with Crippen molar-refractivity contribution in [2.24, 2.45) is 0 Å². The van der Waals surface area contributed by atoms with Crippen molar-refractivity contribution in [3.05, 3.63) is 59.5 Å². The normalized spacial score (nSPS) is 12.6. The highest BCUT2D eigenvalue weighted by Gasteiger charge is 2.13. The SMILES string of the molecule is Cc1cc(C(C)Nc2ccc3ccccc3n2)c(C)o1. The molecule has 0 amide bonds. The van der Waals surface area contributed by atoms with Crippen LogP contribution in [0.5, 0.6) is 0 Å². The average molecular weight is 266 g/mol. The molecule has 1 unspecified atom stereocenters. The van der Waals surface area contributed by atoms with E-state index in [-0.39, 0.29) is 6.04 Å². The van der Waals surface area contributed by atoms with Crippen LogP contribution in [0.25, 0.3) is 10.9 Å². The fourth-order valence-electron chi connectivity index (χ4n) is 2.53. The van der Waals surface area contributed by atoms with E-state index < -0.39 is 0 Å². The summed E-state index contributed by atoms with van der Waals surface area (Å²) in [5, 5.41) is 4.59. The molecule has 20 heavy (non-hydrogen) atoms. The molecule has 0 bridgehead atoms. The van der Waals surface area contributed by atoms with Gasteiger partial charge >= 0.3 is 0 Å². The van der Waals surface area contributed by atoms with Gasteiger partial charge in [0.25, 0.3) is 0 Å². The number of benzene rings is 1. The number of hydrogen-bond acceptors (Lipinski definition) is 3. The van der Waals surface area contributed by atoms with Crippen molar-refractivity contribution in [2.45, 2.75) is 26.8 Å². The third-order valence-corrected chi connectivity index (χ3v) is 3.51. The van der Waals surface area contributed by atoms with Gasteiger partial charge in [-0.3, -0.25) is 0 Å². The second-order valence-electron chi connectivity index (χ2n) is 5.12. The lowest BCUT2D eigenvalue weighted by molar-refractivity contribution is 0.500. The first-order valence-electron chi connectivity index (χ1n) is 6.83. The van der Waals surface area contributed by atoms with Gasteiger partial charge in [0.05, 0.1) is 11.6 Å². The molecule has 3 aromatic rings. The number of furan rings is 1. The number of rotatable bonds is 3. The summed E-state index contributed by atoms with van der Waals surface area (Å²) in [5.74, 6) is 2.79. The molecule has 0 radical (unpaired) electrons. The smallest absolute Gasteiger partial charge is 0.127 e. The molecule has 0 aliphatic rings. The predicted molar refractivity (Wildman–Crippen MR) is 82.0 cm³/mol. The fraction of sp³-hybridized carbons (Fsp3) is 0.235. The lowest BCUT2D eigenvalue weighted by atomic mass is 10.1. The van der Waals surface area contributed by atoms with Crippen LogP contribution in [0.2, 0.25) is 0 Å². The summed E-state index contributed by atoms with van der Waals surface area (Å²) in [7, 11) is 0. The lowest BCUT2D eigenvalue weighted by Crippen LogP contribution is -2.08. The first-order valence-corrected chi connectivity index (χ1v) is 6.83. The number of fused-ring (bicyclic) bond motifs is 1. The van der Waals surface area contributed by atoms with Gasteiger partial charge in [-0.05, 0) is 45.0 Å². The van der Waals surface area contributed by atoms with E-state index in [1.54, 1.807) is 0 Å². The molecule has 0 aliphatic carbocycles. The van der Waals surface area contributed by atoms with E-state index in [0.717, 1.165) is 28.2 Å². The number of anilines is 1. The number of nitrogens with zero attached hydrogens (tertiary/aromatic N) is 1. The molecule has 2 aromatic heterocycles. The Morgan fingerprint density at radius 1 is 1.10 bits per heavy atom. The van der Waals surface area contributed by atoms with Crippen LogP contribution in [-0.4, -0.2) is 4.98 Å². The van der Waals surface area contributed by atoms with Crippen molar-refractivity contribution in [2.75, 3.05) is 5.32 Å². The second kappa shape index (κ2) is 5.00. The number of para-hydroxylation sites is 1. The third kappa shape index (κ3) is 2.39. The van der Waals surface area contributed by atoms with Gasteiger partial charge in [0.1, 0.15) is 17.3 Å². The Hall–Kier alpha value is -2.29. The van der Waals surface area contributed by atoms with Gasteiger partial charge in [0.15, 0.2) is 0 Å². The molecular formula is C17H18N2O.